The van der Waals surface area contributed by atoms with Gasteiger partial charge in [0, 0.05) is 39.6 Å². The molecular formula is C45H52N2O10. The van der Waals surface area contributed by atoms with Gasteiger partial charge in [-0.1, -0.05) is 71.8 Å². The number of hydrogen-bond donors (Lipinski definition) is 2. The molecule has 302 valence electrons. The largest absolute Gasteiger partial charge is 0.481 e. The summed E-state index contributed by atoms with van der Waals surface area (Å²) >= 11 is 0. The second-order valence-corrected chi connectivity index (χ2v) is 16.6. The number of rotatable bonds is 8. The normalized spacial score (nSPS) is 31.5. The summed E-state index contributed by atoms with van der Waals surface area (Å²) in [5, 5.41) is 19.2. The zero-order valence-corrected chi connectivity index (χ0v) is 33.2. The Morgan fingerprint density at radius 1 is 0.439 bits per heavy atom. The average Bonchev–Trinajstić information content (AvgIpc) is 4.03. The van der Waals surface area contributed by atoms with Gasteiger partial charge in [-0.05, 0) is 92.9 Å². The quantitative estimate of drug-likeness (QED) is 0.190. The number of nitrogens with zero attached hydrogens (tertiary/aromatic N) is 2. The van der Waals surface area contributed by atoms with Gasteiger partial charge in [-0.2, -0.15) is 0 Å². The number of allylic oxidation sites excluding steroid dienone is 6. The number of carbonyl (C=O) groups excluding carboxylic acids is 4. The van der Waals surface area contributed by atoms with Gasteiger partial charge in [-0.25, -0.2) is 0 Å². The van der Waals surface area contributed by atoms with Crippen molar-refractivity contribution in [2.24, 2.45) is 71.0 Å². The molecule has 0 spiro atoms. The predicted octanol–water partition coefficient (Wildman–Crippen LogP) is 5.73. The van der Waals surface area contributed by atoms with Crippen LogP contribution in [-0.4, -0.2) is 74.2 Å². The molecule has 0 saturated heterocycles. The van der Waals surface area contributed by atoms with Crippen LogP contribution in [0.4, 0.5) is 11.4 Å². The highest BCUT2D eigenvalue weighted by molar-refractivity contribution is 5.96. The maximum atomic E-state index is 13.2. The number of hydrogen-bond acceptors (Lipinski definition) is 10. The molecule has 0 aromatic heterocycles. The lowest BCUT2D eigenvalue weighted by Gasteiger charge is -2.27. The van der Waals surface area contributed by atoms with Crippen molar-refractivity contribution in [1.82, 2.24) is 0 Å². The van der Waals surface area contributed by atoms with E-state index in [0.717, 1.165) is 0 Å². The van der Waals surface area contributed by atoms with Gasteiger partial charge >= 0.3 is 35.8 Å². The molecule has 0 heterocycles. The van der Waals surface area contributed by atoms with E-state index in [9.17, 15) is 39.0 Å². The summed E-state index contributed by atoms with van der Waals surface area (Å²) in [6.07, 6.45) is 12.1. The van der Waals surface area contributed by atoms with Gasteiger partial charge in [0.05, 0.1) is 35.5 Å². The number of esters is 4. The fourth-order valence-electron chi connectivity index (χ4n) is 9.58. The van der Waals surface area contributed by atoms with E-state index >= 15 is 0 Å². The van der Waals surface area contributed by atoms with E-state index in [1.807, 2.05) is 28.2 Å². The molecule has 0 radical (unpaired) electrons. The van der Waals surface area contributed by atoms with Crippen LogP contribution in [0.5, 0.6) is 0 Å². The second kappa shape index (κ2) is 16.9. The van der Waals surface area contributed by atoms with Crippen molar-refractivity contribution >= 4 is 47.2 Å². The Balaban J connectivity index is 0.000000224. The summed E-state index contributed by atoms with van der Waals surface area (Å²) in [7, 11) is 8.19. The lowest BCUT2D eigenvalue weighted by Crippen LogP contribution is -2.41. The number of ether oxygens (including phenoxy) is 2. The van der Waals surface area contributed by atoms with Crippen LogP contribution in [0.15, 0.2) is 85.0 Å². The van der Waals surface area contributed by atoms with Crippen molar-refractivity contribution in [2.75, 3.05) is 38.0 Å². The standard InChI is InChI=1S/C27H26O10.2C9H13N/c28-22(29)16-10-1-3-12(7-10)18(16)24(32)36-26(34)20-14-5-6-15(9-14)21(20)27(35)37-25(33)19-13-4-2-11(8-13)17(19)23(30)31;2*1-8-4-6-9(7-5-8)10(2)3/h1-6,10-21H,7-9H2,(H,28,29)(H,30,31);2*4-7H,1-3H3. The number of benzene rings is 2. The van der Waals surface area contributed by atoms with Gasteiger partial charge in [-0.3, -0.25) is 28.8 Å². The summed E-state index contributed by atoms with van der Waals surface area (Å²) < 4.78 is 10.4. The molecule has 12 atom stereocenters. The van der Waals surface area contributed by atoms with Crippen molar-refractivity contribution in [3.8, 4) is 0 Å². The van der Waals surface area contributed by atoms with Crippen molar-refractivity contribution in [1.29, 1.82) is 0 Å². The van der Waals surface area contributed by atoms with Crippen LogP contribution < -0.4 is 9.80 Å². The lowest BCUT2D eigenvalue weighted by molar-refractivity contribution is -0.177. The molecule has 57 heavy (non-hydrogen) atoms. The van der Waals surface area contributed by atoms with Crippen LogP contribution in [0.2, 0.25) is 0 Å². The van der Waals surface area contributed by atoms with E-state index < -0.39 is 71.3 Å². The third-order valence-corrected chi connectivity index (χ3v) is 12.5. The van der Waals surface area contributed by atoms with Crippen LogP contribution in [0.25, 0.3) is 0 Å². The van der Waals surface area contributed by atoms with Crippen LogP contribution in [0.1, 0.15) is 30.4 Å². The topological polar surface area (TPSA) is 168 Å². The molecule has 6 bridgehead atoms. The van der Waals surface area contributed by atoms with E-state index in [2.05, 4.69) is 72.2 Å². The van der Waals surface area contributed by atoms with E-state index in [1.54, 1.807) is 36.5 Å². The van der Waals surface area contributed by atoms with Crippen molar-refractivity contribution in [3.63, 3.8) is 0 Å². The molecule has 2 N–H and O–H groups in total. The molecule has 8 rings (SSSR count). The first-order valence-electron chi connectivity index (χ1n) is 19.5. The number of anilines is 2. The van der Waals surface area contributed by atoms with Crippen molar-refractivity contribution in [3.05, 3.63) is 96.1 Å². The van der Waals surface area contributed by atoms with Gasteiger partial charge in [0.2, 0.25) is 0 Å². The van der Waals surface area contributed by atoms with E-state index in [0.29, 0.717) is 19.3 Å². The molecule has 12 heteroatoms. The maximum Gasteiger partial charge on any atom is 0.318 e. The number of carboxylic acids is 2. The third-order valence-electron chi connectivity index (χ3n) is 12.5. The maximum absolute atomic E-state index is 13.2. The summed E-state index contributed by atoms with van der Waals surface area (Å²) in [6, 6.07) is 17.0. The molecule has 6 aliphatic rings. The van der Waals surface area contributed by atoms with Gasteiger partial charge in [0.1, 0.15) is 0 Å². The Labute approximate surface area is 333 Å². The fraction of sp³-hybridized carbons (Fsp3) is 0.467. The minimum atomic E-state index is -1.12. The number of fused-ring (bicyclic) bond motifs is 6. The van der Waals surface area contributed by atoms with E-state index in [-0.39, 0.29) is 35.5 Å². The zero-order chi connectivity index (χ0) is 41.3. The van der Waals surface area contributed by atoms with Crippen molar-refractivity contribution in [2.45, 2.75) is 33.1 Å². The molecule has 2 aromatic rings. The summed E-state index contributed by atoms with van der Waals surface area (Å²) in [5.74, 6) is -13.9. The highest BCUT2D eigenvalue weighted by Crippen LogP contribution is 2.52. The van der Waals surface area contributed by atoms with Crippen LogP contribution >= 0.6 is 0 Å². The Morgan fingerprint density at radius 2 is 0.667 bits per heavy atom. The molecule has 3 fully saturated rings. The third kappa shape index (κ3) is 8.60. The Bertz CT molecular complexity index is 1830. The molecular weight excluding hydrogens is 728 g/mol. The first-order chi connectivity index (χ1) is 27.0. The number of aryl methyl sites for hydroxylation is 2. The zero-order valence-electron chi connectivity index (χ0n) is 33.2. The smallest absolute Gasteiger partial charge is 0.318 e. The SMILES string of the molecule is Cc1ccc(N(C)C)cc1.Cc1ccc(N(C)C)cc1.O=C(O)C1C2C=CC(C2)C1C(=O)OC(=O)C1C2C=CC(C2)C1C(=O)OC(=O)C1C2C=CC(C2)C1C(=O)O. The minimum Gasteiger partial charge on any atom is -0.481 e. The highest BCUT2D eigenvalue weighted by Gasteiger charge is 2.58. The first-order valence-corrected chi connectivity index (χ1v) is 19.5. The van der Waals surface area contributed by atoms with Crippen LogP contribution in [0, 0.1) is 84.9 Å². The van der Waals surface area contributed by atoms with Gasteiger partial charge in [0.15, 0.2) is 0 Å². The molecule has 2 aromatic carbocycles. The van der Waals surface area contributed by atoms with Gasteiger partial charge in [0.25, 0.3) is 0 Å². The molecule has 0 aliphatic heterocycles. The predicted molar refractivity (Wildman–Crippen MR) is 212 cm³/mol. The Hall–Kier alpha value is -5.52. The van der Waals surface area contributed by atoms with Crippen LogP contribution in [-0.2, 0) is 38.2 Å². The molecule has 3 saturated carbocycles. The minimum absolute atomic E-state index is 0.287. The van der Waals surface area contributed by atoms with E-state index in [4.69, 9.17) is 9.47 Å². The Morgan fingerprint density at radius 3 is 0.895 bits per heavy atom. The summed E-state index contributed by atoms with van der Waals surface area (Å²) in [6.45, 7) is 4.19. The molecule has 0 amide bonds. The van der Waals surface area contributed by atoms with E-state index in [1.165, 1.54) is 22.5 Å². The molecule has 6 aliphatic carbocycles. The van der Waals surface area contributed by atoms with Crippen molar-refractivity contribution < 1.29 is 48.5 Å². The van der Waals surface area contributed by atoms with Gasteiger partial charge in [-0.15, -0.1) is 0 Å². The summed E-state index contributed by atoms with van der Waals surface area (Å²) in [5.41, 5.74) is 5.13. The summed E-state index contributed by atoms with van der Waals surface area (Å²) in [4.78, 5) is 79.9. The van der Waals surface area contributed by atoms with Crippen LogP contribution in [0.3, 0.4) is 0 Å². The first kappa shape index (κ1) is 41.1. The highest BCUT2D eigenvalue weighted by atomic mass is 16.6. The molecule has 12 unspecified atom stereocenters. The fourth-order valence-corrected chi connectivity index (χ4v) is 9.58. The molecule has 12 nitrogen and oxygen atoms in total. The number of carboxylic acid groups (broad SMARTS) is 2. The number of aliphatic carboxylic acids is 2. The monoisotopic (exact) mass is 780 g/mol. The average molecular weight is 781 g/mol. The Kier molecular flexibility index (Phi) is 12.2. The second-order valence-electron chi connectivity index (χ2n) is 16.6. The number of carbonyl (C=O) groups is 6. The lowest BCUT2D eigenvalue weighted by atomic mass is 9.81. The van der Waals surface area contributed by atoms with Gasteiger partial charge < -0.3 is 29.5 Å².